The fourth-order valence-electron chi connectivity index (χ4n) is 3.12. The van der Waals surface area contributed by atoms with Crippen molar-refractivity contribution in [3.63, 3.8) is 0 Å². The first-order valence-corrected chi connectivity index (χ1v) is 11.0. The van der Waals surface area contributed by atoms with Crippen LogP contribution in [-0.4, -0.2) is 32.8 Å². The van der Waals surface area contributed by atoms with Crippen LogP contribution in [0.3, 0.4) is 0 Å². The summed E-state index contributed by atoms with van der Waals surface area (Å²) in [4.78, 5) is 26.6. The van der Waals surface area contributed by atoms with Crippen molar-refractivity contribution in [2.45, 2.75) is 31.2 Å². The highest BCUT2D eigenvalue weighted by atomic mass is 35.5. The Labute approximate surface area is 175 Å². The lowest BCUT2D eigenvalue weighted by atomic mass is 10.1. The topological polar surface area (TPSA) is 95.6 Å². The van der Waals surface area contributed by atoms with E-state index in [0.29, 0.717) is 16.4 Å². The first-order chi connectivity index (χ1) is 13.7. The molecule has 154 valence electrons. The Kier molecular flexibility index (Phi) is 6.26. The molecule has 1 fully saturated rings. The van der Waals surface area contributed by atoms with Crippen LogP contribution in [0.2, 0.25) is 5.02 Å². The third-order valence-corrected chi connectivity index (χ3v) is 6.35. The summed E-state index contributed by atoms with van der Waals surface area (Å²) < 4.78 is 26.8. The minimum Gasteiger partial charge on any atom is -0.326 e. The smallest absolute Gasteiger partial charge is 0.240 e. The summed E-state index contributed by atoms with van der Waals surface area (Å²) >= 11 is 5.99. The van der Waals surface area contributed by atoms with E-state index in [1.165, 1.54) is 24.3 Å². The molecule has 9 heteroatoms. The van der Waals surface area contributed by atoms with E-state index >= 15 is 0 Å². The minimum atomic E-state index is -3.59. The zero-order valence-corrected chi connectivity index (χ0v) is 17.6. The molecule has 0 aromatic heterocycles. The summed E-state index contributed by atoms with van der Waals surface area (Å²) in [6.07, 6.45) is 0.100. The second-order valence-corrected chi connectivity index (χ2v) is 9.33. The van der Waals surface area contributed by atoms with Gasteiger partial charge >= 0.3 is 0 Å². The Hall–Kier alpha value is -2.42. The van der Waals surface area contributed by atoms with Gasteiger partial charge in [0.1, 0.15) is 0 Å². The molecule has 1 saturated heterocycles. The van der Waals surface area contributed by atoms with E-state index in [9.17, 15) is 18.0 Å². The summed E-state index contributed by atoms with van der Waals surface area (Å²) in [6.45, 7) is 3.74. The number of rotatable bonds is 6. The number of hydrogen-bond donors (Lipinski definition) is 2. The van der Waals surface area contributed by atoms with Crippen LogP contribution < -0.4 is 14.9 Å². The van der Waals surface area contributed by atoms with Gasteiger partial charge in [0.05, 0.1) is 10.8 Å². The van der Waals surface area contributed by atoms with Crippen LogP contribution in [0.1, 0.15) is 20.3 Å². The van der Waals surface area contributed by atoms with Crippen LogP contribution >= 0.6 is 11.6 Å². The quantitative estimate of drug-likeness (QED) is 0.729. The van der Waals surface area contributed by atoms with Crippen molar-refractivity contribution in [1.82, 2.24) is 4.72 Å². The molecular formula is C20H22ClN3O4S. The summed E-state index contributed by atoms with van der Waals surface area (Å²) in [6, 6.07) is 12.6. The predicted octanol–water partition coefficient (Wildman–Crippen LogP) is 3.02. The van der Waals surface area contributed by atoms with Crippen molar-refractivity contribution in [3.05, 3.63) is 53.6 Å². The summed E-state index contributed by atoms with van der Waals surface area (Å²) in [5.74, 6) is -0.945. The molecule has 1 unspecified atom stereocenters. The number of carbonyl (C=O) groups excluding carboxylic acids is 2. The molecule has 1 heterocycles. The molecule has 3 rings (SSSR count). The van der Waals surface area contributed by atoms with Crippen LogP contribution in [0.4, 0.5) is 11.4 Å². The van der Waals surface area contributed by atoms with Crippen molar-refractivity contribution in [1.29, 1.82) is 0 Å². The van der Waals surface area contributed by atoms with Crippen LogP contribution in [0.5, 0.6) is 0 Å². The average Bonchev–Trinajstić information content (AvgIpc) is 3.03. The molecule has 1 atom stereocenters. The van der Waals surface area contributed by atoms with Crippen molar-refractivity contribution < 1.29 is 18.0 Å². The molecule has 0 spiro atoms. The molecule has 2 aromatic rings. The van der Waals surface area contributed by atoms with E-state index in [1.807, 2.05) is 0 Å². The van der Waals surface area contributed by atoms with Crippen LogP contribution in [0.15, 0.2) is 53.4 Å². The van der Waals surface area contributed by atoms with Crippen molar-refractivity contribution >= 4 is 44.8 Å². The van der Waals surface area contributed by atoms with E-state index < -0.39 is 15.9 Å². The maximum Gasteiger partial charge on any atom is 0.240 e. The van der Waals surface area contributed by atoms with Crippen molar-refractivity contribution in [2.75, 3.05) is 16.8 Å². The van der Waals surface area contributed by atoms with E-state index in [0.717, 1.165) is 0 Å². The highest BCUT2D eigenvalue weighted by molar-refractivity contribution is 7.89. The highest BCUT2D eigenvalue weighted by Crippen LogP contribution is 2.28. The molecule has 7 nitrogen and oxygen atoms in total. The zero-order chi connectivity index (χ0) is 21.2. The van der Waals surface area contributed by atoms with E-state index in [-0.39, 0.29) is 35.7 Å². The van der Waals surface area contributed by atoms with Crippen molar-refractivity contribution in [3.8, 4) is 0 Å². The number of benzene rings is 2. The Morgan fingerprint density at radius 2 is 1.86 bits per heavy atom. The van der Waals surface area contributed by atoms with Gasteiger partial charge < -0.3 is 10.2 Å². The Balaban J connectivity index is 1.66. The van der Waals surface area contributed by atoms with Gasteiger partial charge in [-0.15, -0.1) is 0 Å². The molecule has 2 aromatic carbocycles. The molecular weight excluding hydrogens is 414 g/mol. The zero-order valence-electron chi connectivity index (χ0n) is 16.1. The number of nitrogens with one attached hydrogen (secondary N) is 2. The molecule has 1 aliphatic heterocycles. The molecule has 1 aliphatic rings. The molecule has 0 saturated carbocycles. The number of amides is 2. The maximum atomic E-state index is 12.6. The van der Waals surface area contributed by atoms with E-state index in [4.69, 9.17) is 11.6 Å². The van der Waals surface area contributed by atoms with Gasteiger partial charge in [-0.2, -0.15) is 0 Å². The number of carbonyl (C=O) groups is 2. The van der Waals surface area contributed by atoms with Gasteiger partial charge in [-0.25, -0.2) is 13.1 Å². The molecule has 0 aliphatic carbocycles. The maximum absolute atomic E-state index is 12.6. The van der Waals surface area contributed by atoms with Gasteiger partial charge in [0.15, 0.2) is 0 Å². The normalized spacial score (nSPS) is 17.0. The number of halogens is 1. The first kappa shape index (κ1) is 21.3. The Bertz CT molecular complexity index is 1020. The van der Waals surface area contributed by atoms with E-state index in [1.54, 1.807) is 43.0 Å². The Morgan fingerprint density at radius 3 is 2.48 bits per heavy atom. The number of anilines is 2. The van der Waals surface area contributed by atoms with Gasteiger partial charge in [0, 0.05) is 35.4 Å². The minimum absolute atomic E-state index is 0.100. The number of hydrogen-bond acceptors (Lipinski definition) is 4. The lowest BCUT2D eigenvalue weighted by molar-refractivity contribution is -0.122. The van der Waals surface area contributed by atoms with Crippen LogP contribution in [-0.2, 0) is 19.6 Å². The largest absolute Gasteiger partial charge is 0.326 e. The molecule has 0 bridgehead atoms. The SMILES string of the molecule is CC(C)NS(=O)(=O)c1ccc(NC(=O)C2CC(=O)N(c3cccc(Cl)c3)C2)cc1. The molecule has 0 radical (unpaired) electrons. The third kappa shape index (κ3) is 5.14. The summed E-state index contributed by atoms with van der Waals surface area (Å²) in [5.41, 5.74) is 1.12. The standard InChI is InChI=1S/C20H22ClN3O4S/c1-13(2)23-29(27,28)18-8-6-16(7-9-18)22-20(26)14-10-19(25)24(12-14)17-5-3-4-15(21)11-17/h3-9,11,13-14,23H,10,12H2,1-2H3,(H,22,26). The van der Waals surface area contributed by atoms with Crippen LogP contribution in [0.25, 0.3) is 0 Å². The predicted molar refractivity (Wildman–Crippen MR) is 112 cm³/mol. The lowest BCUT2D eigenvalue weighted by Crippen LogP contribution is -2.30. The lowest BCUT2D eigenvalue weighted by Gasteiger charge is -2.17. The number of nitrogens with zero attached hydrogens (tertiary/aromatic N) is 1. The van der Waals surface area contributed by atoms with Gasteiger partial charge in [0.2, 0.25) is 21.8 Å². The van der Waals surface area contributed by atoms with Gasteiger partial charge in [-0.1, -0.05) is 17.7 Å². The second kappa shape index (κ2) is 8.52. The van der Waals surface area contributed by atoms with Gasteiger partial charge in [0.25, 0.3) is 0 Å². The van der Waals surface area contributed by atoms with Gasteiger partial charge in [-0.3, -0.25) is 9.59 Å². The highest BCUT2D eigenvalue weighted by Gasteiger charge is 2.35. The summed E-state index contributed by atoms with van der Waals surface area (Å²) in [5, 5.41) is 3.27. The molecule has 2 N–H and O–H groups in total. The van der Waals surface area contributed by atoms with E-state index in [2.05, 4.69) is 10.0 Å². The fraction of sp³-hybridized carbons (Fsp3) is 0.300. The third-order valence-electron chi connectivity index (χ3n) is 4.44. The fourth-order valence-corrected chi connectivity index (χ4v) is 4.55. The first-order valence-electron chi connectivity index (χ1n) is 9.15. The second-order valence-electron chi connectivity index (χ2n) is 7.17. The van der Waals surface area contributed by atoms with Crippen LogP contribution in [0, 0.1) is 5.92 Å². The number of sulfonamides is 1. The monoisotopic (exact) mass is 435 g/mol. The summed E-state index contributed by atoms with van der Waals surface area (Å²) in [7, 11) is -3.59. The van der Waals surface area contributed by atoms with Gasteiger partial charge in [-0.05, 0) is 56.3 Å². The Morgan fingerprint density at radius 1 is 1.17 bits per heavy atom. The molecule has 29 heavy (non-hydrogen) atoms. The van der Waals surface area contributed by atoms with Crippen molar-refractivity contribution in [2.24, 2.45) is 5.92 Å². The average molecular weight is 436 g/mol. The molecule has 2 amide bonds.